The molecule has 0 radical (unpaired) electrons. The van der Waals surface area contributed by atoms with Gasteiger partial charge in [0.25, 0.3) is 0 Å². The van der Waals surface area contributed by atoms with Gasteiger partial charge in [0.2, 0.25) is 0 Å². The first-order valence-electron chi connectivity index (χ1n) is 23.5. The lowest BCUT2D eigenvalue weighted by Gasteiger charge is -2.19. The van der Waals surface area contributed by atoms with Gasteiger partial charge in [-0.25, -0.2) is 4.57 Å². The zero-order valence-electron chi connectivity index (χ0n) is 36.8. The van der Waals surface area contributed by atoms with Crippen LogP contribution in [0.2, 0.25) is 0 Å². The molecular formula is C47H88NO8P. The number of rotatable bonds is 44. The summed E-state index contributed by atoms with van der Waals surface area (Å²) in [5.74, 6) is -0.881. The molecule has 0 fully saturated rings. The fourth-order valence-electron chi connectivity index (χ4n) is 6.53. The van der Waals surface area contributed by atoms with Gasteiger partial charge >= 0.3 is 19.8 Å². The molecule has 0 aliphatic carbocycles. The van der Waals surface area contributed by atoms with Gasteiger partial charge in [0, 0.05) is 19.4 Å². The van der Waals surface area contributed by atoms with Crippen molar-refractivity contribution in [2.24, 2.45) is 5.73 Å². The van der Waals surface area contributed by atoms with E-state index in [0.29, 0.717) is 6.42 Å². The summed E-state index contributed by atoms with van der Waals surface area (Å²) in [4.78, 5) is 34.9. The van der Waals surface area contributed by atoms with Crippen molar-refractivity contribution in [3.05, 3.63) is 36.5 Å². The van der Waals surface area contributed by atoms with E-state index in [-0.39, 0.29) is 32.6 Å². The Morgan fingerprint density at radius 2 is 0.930 bits per heavy atom. The fraction of sp³-hybridized carbons (Fsp3) is 0.830. The number of allylic oxidation sites excluding steroid dienone is 6. The van der Waals surface area contributed by atoms with Crippen LogP contribution in [0.15, 0.2) is 36.5 Å². The molecule has 0 aliphatic rings. The zero-order chi connectivity index (χ0) is 41.8. The van der Waals surface area contributed by atoms with Crippen LogP contribution in [-0.4, -0.2) is 49.3 Å². The molecule has 57 heavy (non-hydrogen) atoms. The van der Waals surface area contributed by atoms with E-state index in [9.17, 15) is 19.0 Å². The first-order valence-corrected chi connectivity index (χ1v) is 25.0. The Balaban J connectivity index is 4.15. The van der Waals surface area contributed by atoms with E-state index in [4.69, 9.17) is 24.3 Å². The molecule has 0 aromatic rings. The van der Waals surface area contributed by atoms with E-state index >= 15 is 0 Å². The SMILES string of the molecule is CCCCCCCCC=CCC=CCC=CCCCC(=O)OC(COC(=O)CCCCCCCCCCCCCCCCCCCCC)COP(=O)(O)OCCN. The predicted molar refractivity (Wildman–Crippen MR) is 238 cm³/mol. The number of esters is 2. The van der Waals surface area contributed by atoms with E-state index in [1.54, 1.807) is 0 Å². The molecule has 0 amide bonds. The first kappa shape index (κ1) is 55.2. The van der Waals surface area contributed by atoms with Crippen molar-refractivity contribution in [1.82, 2.24) is 0 Å². The Bertz CT molecular complexity index is 1030. The van der Waals surface area contributed by atoms with Crippen LogP contribution in [0, 0.1) is 0 Å². The average molecular weight is 826 g/mol. The summed E-state index contributed by atoms with van der Waals surface area (Å²) in [6.07, 6.45) is 49.0. The second-order valence-corrected chi connectivity index (χ2v) is 17.1. The first-order chi connectivity index (χ1) is 27.8. The number of ether oxygens (including phenoxy) is 2. The quantitative estimate of drug-likeness (QED) is 0.0266. The van der Waals surface area contributed by atoms with Crippen molar-refractivity contribution >= 4 is 19.8 Å². The molecule has 334 valence electrons. The summed E-state index contributed by atoms with van der Waals surface area (Å²) in [6, 6.07) is 0. The molecule has 2 unspecified atom stereocenters. The van der Waals surface area contributed by atoms with E-state index in [1.807, 2.05) is 6.08 Å². The minimum Gasteiger partial charge on any atom is -0.462 e. The Hall–Kier alpha value is -1.77. The van der Waals surface area contributed by atoms with Crippen LogP contribution in [0.1, 0.15) is 219 Å². The number of unbranched alkanes of at least 4 members (excludes halogenated alkanes) is 25. The van der Waals surface area contributed by atoms with Gasteiger partial charge in [-0.2, -0.15) is 0 Å². The van der Waals surface area contributed by atoms with Crippen LogP contribution in [0.3, 0.4) is 0 Å². The zero-order valence-corrected chi connectivity index (χ0v) is 37.7. The number of nitrogens with two attached hydrogens (primary N) is 1. The molecule has 9 nitrogen and oxygen atoms in total. The maximum atomic E-state index is 12.6. The van der Waals surface area contributed by atoms with Gasteiger partial charge in [-0.3, -0.25) is 18.6 Å². The summed E-state index contributed by atoms with van der Waals surface area (Å²) >= 11 is 0. The molecule has 0 aromatic carbocycles. The second-order valence-electron chi connectivity index (χ2n) is 15.6. The second kappa shape index (κ2) is 43.8. The highest BCUT2D eigenvalue weighted by atomic mass is 31.2. The van der Waals surface area contributed by atoms with Crippen molar-refractivity contribution in [3.63, 3.8) is 0 Å². The van der Waals surface area contributed by atoms with E-state index in [2.05, 4.69) is 44.2 Å². The number of hydrogen-bond acceptors (Lipinski definition) is 8. The molecule has 0 saturated heterocycles. The predicted octanol–water partition coefficient (Wildman–Crippen LogP) is 13.7. The van der Waals surface area contributed by atoms with Gasteiger partial charge in [-0.15, -0.1) is 0 Å². The Morgan fingerprint density at radius 3 is 1.40 bits per heavy atom. The monoisotopic (exact) mass is 826 g/mol. The van der Waals surface area contributed by atoms with Gasteiger partial charge in [-0.1, -0.05) is 198 Å². The van der Waals surface area contributed by atoms with Crippen LogP contribution < -0.4 is 5.73 Å². The highest BCUT2D eigenvalue weighted by molar-refractivity contribution is 7.47. The van der Waals surface area contributed by atoms with E-state index < -0.39 is 32.5 Å². The third kappa shape index (κ3) is 43.6. The number of phosphoric ester groups is 1. The molecule has 0 aromatic heterocycles. The maximum Gasteiger partial charge on any atom is 0.472 e. The van der Waals surface area contributed by atoms with Crippen molar-refractivity contribution in [2.45, 2.75) is 225 Å². The third-order valence-electron chi connectivity index (χ3n) is 10.0. The number of hydrogen-bond donors (Lipinski definition) is 2. The maximum absolute atomic E-state index is 12.6. The summed E-state index contributed by atoms with van der Waals surface area (Å²) in [6.45, 7) is 3.70. The van der Waals surface area contributed by atoms with Crippen LogP contribution in [0.4, 0.5) is 0 Å². The molecule has 10 heteroatoms. The minimum atomic E-state index is -4.39. The van der Waals surface area contributed by atoms with Crippen molar-refractivity contribution in [3.8, 4) is 0 Å². The van der Waals surface area contributed by atoms with Gasteiger partial charge in [0.1, 0.15) is 6.61 Å². The Labute approximate surface area is 350 Å². The summed E-state index contributed by atoms with van der Waals surface area (Å²) < 4.78 is 32.8. The van der Waals surface area contributed by atoms with Gasteiger partial charge in [0.15, 0.2) is 6.10 Å². The van der Waals surface area contributed by atoms with Crippen molar-refractivity contribution in [1.29, 1.82) is 0 Å². The van der Waals surface area contributed by atoms with E-state index in [0.717, 1.165) is 44.9 Å². The van der Waals surface area contributed by atoms with Crippen molar-refractivity contribution in [2.75, 3.05) is 26.4 Å². The molecule has 0 spiro atoms. The molecule has 3 N–H and O–H groups in total. The summed E-state index contributed by atoms with van der Waals surface area (Å²) in [5, 5.41) is 0. The van der Waals surface area contributed by atoms with Crippen LogP contribution in [-0.2, 0) is 32.7 Å². The average Bonchev–Trinajstić information content (AvgIpc) is 3.20. The molecule has 2 atom stereocenters. The van der Waals surface area contributed by atoms with Crippen molar-refractivity contribution < 1.29 is 37.6 Å². The molecule has 0 heterocycles. The van der Waals surface area contributed by atoms with Crippen LogP contribution in [0.25, 0.3) is 0 Å². The number of carbonyl (C=O) groups is 2. The minimum absolute atomic E-state index is 0.0465. The van der Waals surface area contributed by atoms with Crippen LogP contribution >= 0.6 is 7.82 Å². The van der Waals surface area contributed by atoms with E-state index in [1.165, 1.54) is 141 Å². The normalized spacial score (nSPS) is 13.5. The molecule has 0 rings (SSSR count). The van der Waals surface area contributed by atoms with Gasteiger partial charge in [0.05, 0.1) is 13.2 Å². The Kier molecular flexibility index (Phi) is 42.4. The summed E-state index contributed by atoms with van der Waals surface area (Å²) in [5.41, 5.74) is 5.35. The molecule has 0 bridgehead atoms. The van der Waals surface area contributed by atoms with Gasteiger partial charge < -0.3 is 20.1 Å². The molecule has 0 saturated carbocycles. The smallest absolute Gasteiger partial charge is 0.462 e. The van der Waals surface area contributed by atoms with Crippen LogP contribution in [0.5, 0.6) is 0 Å². The fourth-order valence-corrected chi connectivity index (χ4v) is 7.30. The van der Waals surface area contributed by atoms with Gasteiger partial charge in [-0.05, 0) is 44.9 Å². The summed E-state index contributed by atoms with van der Waals surface area (Å²) in [7, 11) is -4.39. The largest absolute Gasteiger partial charge is 0.472 e. The molecule has 0 aliphatic heterocycles. The lowest BCUT2D eigenvalue weighted by Crippen LogP contribution is -2.29. The number of carbonyl (C=O) groups excluding carboxylic acids is 2. The topological polar surface area (TPSA) is 134 Å². The highest BCUT2D eigenvalue weighted by Crippen LogP contribution is 2.43. The third-order valence-corrected chi connectivity index (χ3v) is 11.0. The number of phosphoric acid groups is 1. The highest BCUT2D eigenvalue weighted by Gasteiger charge is 2.26. The lowest BCUT2D eigenvalue weighted by molar-refractivity contribution is -0.161. The standard InChI is InChI=1S/C47H88NO8P/c1-3-5-7-9-11-13-15-17-19-21-22-24-25-27-29-31-33-35-37-39-46(49)53-43-45(44-55-57(51,52)54-42-41-48)56-47(50)40-38-36-34-32-30-28-26-23-20-18-16-14-12-10-8-6-4-2/h18,20,26,28,32,34,45H,3-17,19,21-25,27,29-31,33,35-44,48H2,1-2H3,(H,51,52). The Morgan fingerprint density at radius 1 is 0.526 bits per heavy atom. The lowest BCUT2D eigenvalue weighted by atomic mass is 10.0. The molecular weight excluding hydrogens is 737 g/mol.